The number of hydrogen-bond acceptors (Lipinski definition) is 6. The van der Waals surface area contributed by atoms with Crippen LogP contribution in [-0.2, 0) is 27.9 Å². The van der Waals surface area contributed by atoms with Gasteiger partial charge < -0.3 is 19.4 Å². The summed E-state index contributed by atoms with van der Waals surface area (Å²) < 4.78 is 30.7. The normalized spacial score (nSPS) is 13.9. The summed E-state index contributed by atoms with van der Waals surface area (Å²) in [6.45, 7) is 6.99. The molecule has 0 saturated heterocycles. The van der Waals surface area contributed by atoms with Crippen molar-refractivity contribution in [1.82, 2.24) is 5.32 Å². The molecule has 2 N–H and O–H groups in total. The highest BCUT2D eigenvalue weighted by molar-refractivity contribution is 7.47. The van der Waals surface area contributed by atoms with Crippen LogP contribution < -0.4 is 5.32 Å². The van der Waals surface area contributed by atoms with Crippen molar-refractivity contribution in [2.24, 2.45) is 0 Å². The van der Waals surface area contributed by atoms with Crippen LogP contribution >= 0.6 is 7.82 Å². The average molecular weight is 1160 g/mol. The van der Waals surface area contributed by atoms with E-state index in [1.165, 1.54) is 212 Å². The van der Waals surface area contributed by atoms with Crippen LogP contribution in [0.4, 0.5) is 0 Å². The van der Waals surface area contributed by atoms with Gasteiger partial charge in [0.1, 0.15) is 19.3 Å². The fourth-order valence-electron chi connectivity index (χ4n) is 10.1. The Bertz CT molecular complexity index is 1570. The first-order chi connectivity index (χ1) is 39.4. The molecule has 3 atom stereocenters. The molecule has 0 rings (SSSR count). The van der Waals surface area contributed by atoms with Gasteiger partial charge in [-0.1, -0.05) is 300 Å². The largest absolute Gasteiger partial charge is 0.472 e. The molecule has 0 heterocycles. The van der Waals surface area contributed by atoms with Crippen LogP contribution in [0.2, 0.25) is 0 Å². The number of unbranched alkanes of at least 4 members (excludes halogenated alkanes) is 39. The first kappa shape index (κ1) is 78.7. The first-order valence-electron chi connectivity index (χ1n) is 34.6. The van der Waals surface area contributed by atoms with Gasteiger partial charge in [-0.15, -0.1) is 0 Å². The second-order valence-corrected chi connectivity index (χ2v) is 26.2. The van der Waals surface area contributed by atoms with Gasteiger partial charge in [-0.3, -0.25) is 18.6 Å². The molecular weight excluding hydrogens is 1020 g/mol. The molecule has 9 nitrogen and oxygen atoms in total. The molecule has 1 amide bonds. The maximum atomic E-state index is 13.6. The summed E-state index contributed by atoms with van der Waals surface area (Å²) in [5.74, 6) is -0.530. The number of phosphoric acid groups is 1. The van der Waals surface area contributed by atoms with Crippen molar-refractivity contribution >= 4 is 19.7 Å². The highest BCUT2D eigenvalue weighted by Gasteiger charge is 2.30. The molecule has 0 radical (unpaired) electrons. The number of amides is 1. The minimum absolute atomic E-state index is 0.0338. The van der Waals surface area contributed by atoms with E-state index in [4.69, 9.17) is 13.8 Å². The lowest BCUT2D eigenvalue weighted by Crippen LogP contribution is -2.47. The summed E-state index contributed by atoms with van der Waals surface area (Å²) in [5, 5.41) is 3.05. The van der Waals surface area contributed by atoms with Gasteiger partial charge in [0.2, 0.25) is 5.91 Å². The zero-order valence-corrected chi connectivity index (χ0v) is 55.2. The van der Waals surface area contributed by atoms with Gasteiger partial charge in [0.25, 0.3) is 0 Å². The number of nitrogens with one attached hydrogen (secondary N) is 1. The van der Waals surface area contributed by atoms with Crippen molar-refractivity contribution in [3.05, 3.63) is 60.8 Å². The zero-order chi connectivity index (χ0) is 59.3. The predicted molar refractivity (Wildman–Crippen MR) is 351 cm³/mol. The van der Waals surface area contributed by atoms with Crippen LogP contribution in [0.1, 0.15) is 329 Å². The molecule has 81 heavy (non-hydrogen) atoms. The number of allylic oxidation sites excluding steroid dienone is 9. The number of ether oxygens (including phenoxy) is 1. The SMILES string of the molecule is CCCCC/C=C\C/C=C\C/C=C\C/C=C\CCCCCC(=O)NC(COP(=O)(O)OCC[N+](C)(C)C)C(/C=C\CCCCCCCCCCC)OC(=O)CCCCCCCCCCCCCCCCCCCCCCCCCCC. The predicted octanol–water partition coefficient (Wildman–Crippen LogP) is 21.8. The quantitative estimate of drug-likeness (QED) is 0.0205. The van der Waals surface area contributed by atoms with E-state index >= 15 is 0 Å². The van der Waals surface area contributed by atoms with Gasteiger partial charge in [0.05, 0.1) is 33.8 Å². The molecule has 0 bridgehead atoms. The summed E-state index contributed by atoms with van der Waals surface area (Å²) in [4.78, 5) is 37.8. The molecule has 0 fully saturated rings. The number of phosphoric ester groups is 1. The van der Waals surface area contributed by atoms with E-state index in [1.54, 1.807) is 0 Å². The van der Waals surface area contributed by atoms with Crippen molar-refractivity contribution in [3.8, 4) is 0 Å². The maximum Gasteiger partial charge on any atom is 0.472 e. The number of esters is 1. The van der Waals surface area contributed by atoms with Crippen LogP contribution in [0.25, 0.3) is 0 Å². The fourth-order valence-corrected chi connectivity index (χ4v) is 10.8. The van der Waals surface area contributed by atoms with Gasteiger partial charge in [-0.2, -0.15) is 0 Å². The Morgan fingerprint density at radius 3 is 1.16 bits per heavy atom. The Labute approximate surface area is 502 Å². The van der Waals surface area contributed by atoms with Crippen LogP contribution in [0.15, 0.2) is 60.8 Å². The van der Waals surface area contributed by atoms with Gasteiger partial charge in [-0.05, 0) is 76.7 Å². The van der Waals surface area contributed by atoms with Gasteiger partial charge >= 0.3 is 13.8 Å². The van der Waals surface area contributed by atoms with Crippen molar-refractivity contribution < 1.29 is 37.3 Å². The summed E-state index contributed by atoms with van der Waals surface area (Å²) in [5.41, 5.74) is 0. The van der Waals surface area contributed by atoms with Crippen LogP contribution in [0.5, 0.6) is 0 Å². The third-order valence-corrected chi connectivity index (χ3v) is 16.4. The standard InChI is InChI=1S/C71H133N2O7P/c1-7-10-13-16-19-22-25-27-29-31-33-34-35-36-37-38-40-42-44-46-49-52-55-58-61-64-71(75)80-69(62-59-56-53-50-47-24-21-18-15-12-9-3)68(67-79-81(76,77)78-66-65-73(4,5)6)72-70(74)63-60-57-54-51-48-45-43-41-39-32-30-28-26-23-20-17-14-11-8-2/h20,23,28,30,39,41,45,48,59,62,68-69H,7-19,21-22,24-27,29,31-38,40,42-44,46-47,49-58,60-61,63-67H2,1-6H3,(H-,72,74,76,77)/p+1/b23-20-,30-28-,41-39-,48-45-,62-59-. The Kier molecular flexibility index (Phi) is 59.1. The Hall–Kier alpha value is -2.29. The zero-order valence-electron chi connectivity index (χ0n) is 54.3. The molecule has 3 unspecified atom stereocenters. The smallest absolute Gasteiger partial charge is 0.456 e. The van der Waals surface area contributed by atoms with E-state index in [9.17, 15) is 19.0 Å². The van der Waals surface area contributed by atoms with Crippen molar-refractivity contribution in [1.29, 1.82) is 0 Å². The third kappa shape index (κ3) is 62.1. The van der Waals surface area contributed by atoms with E-state index in [0.717, 1.165) is 77.0 Å². The molecule has 0 aliphatic heterocycles. The Balaban J connectivity index is 5.07. The minimum Gasteiger partial charge on any atom is -0.456 e. The molecule has 474 valence electrons. The molecule has 0 aliphatic carbocycles. The Morgan fingerprint density at radius 1 is 0.432 bits per heavy atom. The topological polar surface area (TPSA) is 111 Å². The van der Waals surface area contributed by atoms with E-state index in [0.29, 0.717) is 23.9 Å². The number of hydrogen-bond donors (Lipinski definition) is 2. The van der Waals surface area contributed by atoms with E-state index in [2.05, 4.69) is 74.7 Å². The van der Waals surface area contributed by atoms with Gasteiger partial charge in [-0.25, -0.2) is 4.57 Å². The van der Waals surface area contributed by atoms with E-state index in [-0.39, 0.29) is 31.5 Å². The Morgan fingerprint density at radius 2 is 0.753 bits per heavy atom. The van der Waals surface area contributed by atoms with E-state index in [1.807, 2.05) is 33.3 Å². The second kappa shape index (κ2) is 60.8. The van der Waals surface area contributed by atoms with Gasteiger partial charge in [0, 0.05) is 12.8 Å². The first-order valence-corrected chi connectivity index (χ1v) is 36.1. The molecular formula is C71H134N2O7P+. The third-order valence-electron chi connectivity index (χ3n) is 15.5. The monoisotopic (exact) mass is 1160 g/mol. The number of nitrogens with zero attached hydrogens (tertiary/aromatic N) is 1. The van der Waals surface area contributed by atoms with Crippen LogP contribution in [-0.4, -0.2) is 74.3 Å². The number of rotatable bonds is 63. The summed E-state index contributed by atoms with van der Waals surface area (Å²) in [6.07, 6.45) is 78.1. The van der Waals surface area contributed by atoms with Crippen molar-refractivity contribution in [3.63, 3.8) is 0 Å². The summed E-state index contributed by atoms with van der Waals surface area (Å²) in [6, 6.07) is -0.865. The molecule has 0 aromatic rings. The fraction of sp³-hybridized carbons (Fsp3) is 0.831. The second-order valence-electron chi connectivity index (χ2n) is 24.7. The van der Waals surface area contributed by atoms with Crippen LogP contribution in [0.3, 0.4) is 0 Å². The molecule has 0 aliphatic rings. The van der Waals surface area contributed by atoms with Gasteiger partial charge in [0.15, 0.2) is 0 Å². The summed E-state index contributed by atoms with van der Waals surface area (Å²) >= 11 is 0. The minimum atomic E-state index is -4.46. The van der Waals surface area contributed by atoms with Crippen molar-refractivity contribution in [2.45, 2.75) is 341 Å². The number of carbonyl (C=O) groups excluding carboxylic acids is 2. The molecule has 0 aromatic carbocycles. The lowest BCUT2D eigenvalue weighted by molar-refractivity contribution is -0.870. The molecule has 0 saturated carbocycles. The summed E-state index contributed by atoms with van der Waals surface area (Å²) in [7, 11) is 1.48. The molecule has 0 spiro atoms. The number of carbonyl (C=O) groups is 2. The number of likely N-dealkylation sites (N-methyl/N-ethyl adjacent to an activating group) is 1. The lowest BCUT2D eigenvalue weighted by Gasteiger charge is -2.27. The van der Waals surface area contributed by atoms with E-state index < -0.39 is 20.0 Å². The lowest BCUT2D eigenvalue weighted by atomic mass is 10.0. The molecule has 0 aromatic heterocycles. The number of quaternary nitrogens is 1. The van der Waals surface area contributed by atoms with Crippen molar-refractivity contribution in [2.75, 3.05) is 40.9 Å². The highest BCUT2D eigenvalue weighted by atomic mass is 31.2. The molecule has 10 heteroatoms. The highest BCUT2D eigenvalue weighted by Crippen LogP contribution is 2.43. The maximum absolute atomic E-state index is 13.6. The average Bonchev–Trinajstić information content (AvgIpc) is 3.43. The van der Waals surface area contributed by atoms with Crippen LogP contribution in [0, 0.1) is 0 Å².